The quantitative estimate of drug-likeness (QED) is 0.593. The molecule has 1 aromatic carbocycles. The van der Waals surface area contributed by atoms with Gasteiger partial charge in [-0.05, 0) is 24.6 Å². The molecule has 0 bridgehead atoms. The first-order valence-electron chi connectivity index (χ1n) is 6.75. The van der Waals surface area contributed by atoms with Crippen LogP contribution in [0.15, 0.2) is 24.3 Å². The first kappa shape index (κ1) is 17.6. The van der Waals surface area contributed by atoms with Gasteiger partial charge in [0.2, 0.25) is 5.91 Å². The van der Waals surface area contributed by atoms with Crippen LogP contribution in [0.3, 0.4) is 0 Å². The fourth-order valence-electron chi connectivity index (χ4n) is 1.84. The van der Waals surface area contributed by atoms with E-state index in [-0.39, 0.29) is 12.4 Å². The summed E-state index contributed by atoms with van der Waals surface area (Å²) in [6.07, 6.45) is -1.33. The zero-order valence-corrected chi connectivity index (χ0v) is 12.7. The second-order valence-corrected chi connectivity index (χ2v) is 4.54. The van der Waals surface area contributed by atoms with Gasteiger partial charge in [0.25, 0.3) is 0 Å². The van der Waals surface area contributed by atoms with Gasteiger partial charge in [0.05, 0.1) is 6.61 Å². The van der Waals surface area contributed by atoms with Crippen LogP contribution in [0.2, 0.25) is 0 Å². The largest absolute Gasteiger partial charge is 0.464 e. The van der Waals surface area contributed by atoms with Crippen LogP contribution >= 0.6 is 0 Å². The van der Waals surface area contributed by atoms with Gasteiger partial charge in [-0.2, -0.15) is 0 Å². The summed E-state index contributed by atoms with van der Waals surface area (Å²) in [7, 11) is 0. The maximum absolute atomic E-state index is 11.9. The minimum absolute atomic E-state index is 0.120. The van der Waals surface area contributed by atoms with E-state index in [9.17, 15) is 19.5 Å². The molecule has 1 aromatic rings. The number of hydrogen-bond acceptors (Lipinski definition) is 6. The number of aliphatic hydroxyl groups excluding tert-OH is 1. The van der Waals surface area contributed by atoms with Crippen molar-refractivity contribution in [2.75, 3.05) is 6.61 Å². The molecule has 0 aromatic heterocycles. The third-order valence-electron chi connectivity index (χ3n) is 2.68. The summed E-state index contributed by atoms with van der Waals surface area (Å²) in [5, 5.41) is 12.7. The van der Waals surface area contributed by atoms with Crippen LogP contribution in [0.4, 0.5) is 0 Å². The summed E-state index contributed by atoms with van der Waals surface area (Å²) in [5.74, 6) is -1.50. The number of amides is 1. The van der Waals surface area contributed by atoms with Gasteiger partial charge in [0.15, 0.2) is 6.04 Å². The Morgan fingerprint density at radius 3 is 2.50 bits per heavy atom. The van der Waals surface area contributed by atoms with Crippen molar-refractivity contribution in [3.8, 4) is 5.75 Å². The predicted molar refractivity (Wildman–Crippen MR) is 76.9 cm³/mol. The molecule has 120 valence electrons. The minimum Gasteiger partial charge on any atom is -0.464 e. The summed E-state index contributed by atoms with van der Waals surface area (Å²) in [6.45, 7) is 4.22. The van der Waals surface area contributed by atoms with Crippen molar-refractivity contribution >= 4 is 17.8 Å². The van der Waals surface area contributed by atoms with Crippen molar-refractivity contribution in [2.24, 2.45) is 0 Å². The van der Waals surface area contributed by atoms with Crippen molar-refractivity contribution in [3.05, 3.63) is 29.8 Å². The van der Waals surface area contributed by atoms with Crippen LogP contribution in [0.1, 0.15) is 32.4 Å². The second-order valence-electron chi connectivity index (χ2n) is 4.54. The highest BCUT2D eigenvalue weighted by Gasteiger charge is 2.30. The van der Waals surface area contributed by atoms with E-state index in [1.54, 1.807) is 19.1 Å². The van der Waals surface area contributed by atoms with Gasteiger partial charge in [-0.1, -0.05) is 12.1 Å². The molecule has 2 N–H and O–H groups in total. The number of hydrogen-bond donors (Lipinski definition) is 2. The van der Waals surface area contributed by atoms with E-state index in [4.69, 9.17) is 9.47 Å². The first-order chi connectivity index (χ1) is 10.3. The van der Waals surface area contributed by atoms with E-state index in [0.29, 0.717) is 5.56 Å². The Morgan fingerprint density at radius 1 is 1.27 bits per heavy atom. The Labute approximate surface area is 128 Å². The highest BCUT2D eigenvalue weighted by molar-refractivity contribution is 5.84. The number of aliphatic hydroxyl groups is 1. The van der Waals surface area contributed by atoms with Crippen LogP contribution in [0, 0.1) is 0 Å². The van der Waals surface area contributed by atoms with Crippen LogP contribution in [0.25, 0.3) is 0 Å². The molecule has 0 aliphatic rings. The van der Waals surface area contributed by atoms with Gasteiger partial charge >= 0.3 is 11.9 Å². The second kappa shape index (κ2) is 8.14. The lowest BCUT2D eigenvalue weighted by Gasteiger charge is -2.22. The lowest BCUT2D eigenvalue weighted by Crippen LogP contribution is -2.45. The van der Waals surface area contributed by atoms with Crippen molar-refractivity contribution in [2.45, 2.75) is 32.9 Å². The van der Waals surface area contributed by atoms with Gasteiger partial charge in [-0.15, -0.1) is 0 Å². The Kier molecular flexibility index (Phi) is 6.52. The van der Waals surface area contributed by atoms with Crippen LogP contribution in [0.5, 0.6) is 5.75 Å². The Hall–Kier alpha value is -2.41. The van der Waals surface area contributed by atoms with Gasteiger partial charge < -0.3 is 19.9 Å². The molecular weight excluding hydrogens is 290 g/mol. The fraction of sp³-hybridized carbons (Fsp3) is 0.400. The SMILES string of the molecule is CCOC(=O)C(NC(C)=O)C(O)c1cccc(OC(C)=O)c1. The van der Waals surface area contributed by atoms with Crippen molar-refractivity contribution in [1.29, 1.82) is 0 Å². The fourth-order valence-corrected chi connectivity index (χ4v) is 1.84. The Bertz CT molecular complexity index is 557. The summed E-state index contributed by atoms with van der Waals surface area (Å²) in [4.78, 5) is 34.0. The van der Waals surface area contributed by atoms with Crippen LogP contribution in [-0.4, -0.2) is 35.6 Å². The summed E-state index contributed by atoms with van der Waals surface area (Å²) < 4.78 is 9.76. The Morgan fingerprint density at radius 2 is 1.95 bits per heavy atom. The molecular formula is C15H19NO6. The third kappa shape index (κ3) is 5.17. The number of esters is 2. The monoisotopic (exact) mass is 309 g/mol. The topological polar surface area (TPSA) is 102 Å². The van der Waals surface area contributed by atoms with Crippen molar-refractivity contribution in [1.82, 2.24) is 5.32 Å². The van der Waals surface area contributed by atoms with Crippen LogP contribution < -0.4 is 10.1 Å². The lowest BCUT2D eigenvalue weighted by molar-refractivity contribution is -0.150. The van der Waals surface area contributed by atoms with E-state index in [1.807, 2.05) is 0 Å². The maximum atomic E-state index is 11.9. The molecule has 7 heteroatoms. The van der Waals surface area contributed by atoms with Gasteiger partial charge in [-0.3, -0.25) is 9.59 Å². The molecule has 1 amide bonds. The summed E-state index contributed by atoms with van der Waals surface area (Å²) in [6, 6.07) is 4.82. The molecule has 22 heavy (non-hydrogen) atoms. The number of benzene rings is 1. The molecule has 0 saturated carbocycles. The smallest absolute Gasteiger partial charge is 0.331 e. The van der Waals surface area contributed by atoms with Crippen LogP contribution in [-0.2, 0) is 19.1 Å². The number of carbonyl (C=O) groups is 3. The number of rotatable bonds is 6. The normalized spacial score (nSPS) is 12.9. The first-order valence-corrected chi connectivity index (χ1v) is 6.75. The molecule has 0 heterocycles. The number of carbonyl (C=O) groups excluding carboxylic acids is 3. The lowest BCUT2D eigenvalue weighted by atomic mass is 10.0. The molecule has 0 fully saturated rings. The van der Waals surface area contributed by atoms with E-state index in [1.165, 1.54) is 26.0 Å². The molecule has 0 radical (unpaired) electrons. The predicted octanol–water partition coefficient (Wildman–Crippen LogP) is 0.713. The average molecular weight is 309 g/mol. The van der Waals surface area contributed by atoms with E-state index >= 15 is 0 Å². The van der Waals surface area contributed by atoms with E-state index in [2.05, 4.69) is 5.32 Å². The molecule has 0 aliphatic carbocycles. The summed E-state index contributed by atoms with van der Waals surface area (Å²) >= 11 is 0. The number of ether oxygens (including phenoxy) is 2. The van der Waals surface area contributed by atoms with E-state index in [0.717, 1.165) is 0 Å². The molecule has 2 unspecified atom stereocenters. The number of nitrogens with one attached hydrogen (secondary N) is 1. The van der Waals surface area contributed by atoms with Gasteiger partial charge in [0.1, 0.15) is 11.9 Å². The Balaban J connectivity index is 3.01. The molecule has 1 rings (SSSR count). The molecule has 0 aliphatic heterocycles. The van der Waals surface area contributed by atoms with Gasteiger partial charge in [0, 0.05) is 13.8 Å². The standard InChI is InChI=1S/C15H19NO6/c1-4-21-15(20)13(16-9(2)17)14(19)11-6-5-7-12(8-11)22-10(3)18/h5-8,13-14,19H,4H2,1-3H3,(H,16,17). The molecule has 0 spiro atoms. The maximum Gasteiger partial charge on any atom is 0.331 e. The average Bonchev–Trinajstić information content (AvgIpc) is 2.43. The molecule has 2 atom stereocenters. The highest BCUT2D eigenvalue weighted by atomic mass is 16.5. The van der Waals surface area contributed by atoms with E-state index < -0.39 is 30.0 Å². The third-order valence-corrected chi connectivity index (χ3v) is 2.68. The zero-order valence-electron chi connectivity index (χ0n) is 12.7. The highest BCUT2D eigenvalue weighted by Crippen LogP contribution is 2.22. The summed E-state index contributed by atoms with van der Waals surface area (Å²) in [5.41, 5.74) is 0.311. The van der Waals surface area contributed by atoms with Gasteiger partial charge in [-0.25, -0.2) is 4.79 Å². The molecule has 7 nitrogen and oxygen atoms in total. The van der Waals surface area contributed by atoms with Crippen molar-refractivity contribution in [3.63, 3.8) is 0 Å². The minimum atomic E-state index is -1.33. The van der Waals surface area contributed by atoms with Crippen molar-refractivity contribution < 1.29 is 29.0 Å². The zero-order chi connectivity index (χ0) is 16.7. The molecule has 0 saturated heterocycles.